The molecule has 1 unspecified atom stereocenters. The zero-order valence-electron chi connectivity index (χ0n) is 10.6. The fourth-order valence-electron chi connectivity index (χ4n) is 1.69. The average molecular weight is 281 g/mol. The molecule has 0 fully saturated rings. The molecule has 1 aliphatic heterocycles. The van der Waals surface area contributed by atoms with Gasteiger partial charge in [-0.1, -0.05) is 10.6 Å². The summed E-state index contributed by atoms with van der Waals surface area (Å²) in [6.45, 7) is 1.31. The number of esters is 1. The van der Waals surface area contributed by atoms with Crippen molar-refractivity contribution in [2.75, 3.05) is 0 Å². The number of nitrogens with zero attached hydrogens (tertiary/aromatic N) is 2. The monoisotopic (exact) mass is 281 g/mol. The standard InChI is InChI=1S/C12H12FN3O4/c1-8(16-10(17)4-6-15(13)12(16)19)20-11(18)9-3-2-5-14-7-9/h2,4-8,14H,3H2,1H3. The molecule has 8 heteroatoms. The van der Waals surface area contributed by atoms with Crippen molar-refractivity contribution in [1.82, 2.24) is 14.7 Å². The second kappa shape index (κ2) is 5.55. The number of hydrogen-bond donors (Lipinski definition) is 1. The van der Waals surface area contributed by atoms with Gasteiger partial charge in [0.1, 0.15) is 0 Å². The summed E-state index contributed by atoms with van der Waals surface area (Å²) in [6, 6.07) is 0.871. The molecule has 1 atom stereocenters. The maximum absolute atomic E-state index is 13.1. The van der Waals surface area contributed by atoms with Crippen molar-refractivity contribution in [1.29, 1.82) is 0 Å². The van der Waals surface area contributed by atoms with E-state index in [1.807, 2.05) is 0 Å². The molecule has 0 amide bonds. The SMILES string of the molecule is CC(OC(=O)C1=CNC=CC1)n1c(=O)ccn(F)c1=O. The lowest BCUT2D eigenvalue weighted by Crippen LogP contribution is -2.40. The molecule has 1 aromatic heterocycles. The van der Waals surface area contributed by atoms with Gasteiger partial charge in [-0.2, -0.15) is 0 Å². The third kappa shape index (κ3) is 2.68. The number of halogens is 1. The molecule has 2 heterocycles. The van der Waals surface area contributed by atoms with Crippen LogP contribution in [-0.4, -0.2) is 15.3 Å². The zero-order chi connectivity index (χ0) is 14.7. The van der Waals surface area contributed by atoms with Crippen molar-refractivity contribution in [2.24, 2.45) is 0 Å². The van der Waals surface area contributed by atoms with Crippen molar-refractivity contribution < 1.29 is 14.0 Å². The molecule has 0 aliphatic carbocycles. The Morgan fingerprint density at radius 2 is 2.25 bits per heavy atom. The Bertz CT molecular complexity index is 701. The third-order valence-corrected chi connectivity index (χ3v) is 2.69. The molecule has 0 saturated heterocycles. The van der Waals surface area contributed by atoms with Gasteiger partial charge in [-0.15, -0.1) is 4.79 Å². The maximum Gasteiger partial charge on any atom is 0.362 e. The van der Waals surface area contributed by atoms with Crippen molar-refractivity contribution in [3.8, 4) is 0 Å². The van der Waals surface area contributed by atoms with Gasteiger partial charge in [0.25, 0.3) is 5.56 Å². The van der Waals surface area contributed by atoms with Gasteiger partial charge in [0, 0.05) is 24.9 Å². The van der Waals surface area contributed by atoms with Crippen LogP contribution in [0.3, 0.4) is 0 Å². The average Bonchev–Trinajstić information content (AvgIpc) is 2.44. The van der Waals surface area contributed by atoms with Gasteiger partial charge >= 0.3 is 11.7 Å². The van der Waals surface area contributed by atoms with Gasteiger partial charge in [0.05, 0.1) is 5.57 Å². The van der Waals surface area contributed by atoms with Crippen LogP contribution in [0.25, 0.3) is 0 Å². The van der Waals surface area contributed by atoms with E-state index in [-0.39, 0.29) is 4.79 Å². The van der Waals surface area contributed by atoms with E-state index in [2.05, 4.69) is 5.32 Å². The van der Waals surface area contributed by atoms with Gasteiger partial charge in [-0.3, -0.25) is 4.79 Å². The number of hydrogen-bond acceptors (Lipinski definition) is 5. The van der Waals surface area contributed by atoms with Crippen LogP contribution >= 0.6 is 0 Å². The Morgan fingerprint density at radius 3 is 2.90 bits per heavy atom. The van der Waals surface area contributed by atoms with Gasteiger partial charge < -0.3 is 10.1 Å². The van der Waals surface area contributed by atoms with Crippen molar-refractivity contribution in [2.45, 2.75) is 19.6 Å². The molecule has 1 aromatic rings. The number of carbonyl (C=O) groups is 1. The van der Waals surface area contributed by atoms with Gasteiger partial charge in [-0.25, -0.2) is 14.2 Å². The zero-order valence-corrected chi connectivity index (χ0v) is 10.6. The molecular formula is C12H12FN3O4. The Morgan fingerprint density at radius 1 is 1.50 bits per heavy atom. The summed E-state index contributed by atoms with van der Waals surface area (Å²) in [5.74, 6) is -0.685. The molecule has 0 radical (unpaired) electrons. The van der Waals surface area contributed by atoms with Gasteiger partial charge in [0.15, 0.2) is 6.23 Å². The van der Waals surface area contributed by atoms with Crippen LogP contribution in [0, 0.1) is 0 Å². The first-order valence-electron chi connectivity index (χ1n) is 5.82. The topological polar surface area (TPSA) is 82.3 Å². The third-order valence-electron chi connectivity index (χ3n) is 2.69. The molecule has 1 aliphatic rings. The highest BCUT2D eigenvalue weighted by Gasteiger charge is 2.19. The molecule has 0 spiro atoms. The molecule has 7 nitrogen and oxygen atoms in total. The van der Waals surface area contributed by atoms with Crippen LogP contribution in [0.15, 0.2) is 45.9 Å². The Kier molecular flexibility index (Phi) is 3.83. The minimum Gasteiger partial charge on any atom is -0.438 e. The number of carbonyl (C=O) groups excluding carboxylic acids is 1. The summed E-state index contributed by atoms with van der Waals surface area (Å²) < 4.78 is 18.6. The van der Waals surface area contributed by atoms with E-state index in [1.54, 1.807) is 12.3 Å². The second-order valence-electron chi connectivity index (χ2n) is 4.07. The molecule has 0 bridgehead atoms. The summed E-state index contributed by atoms with van der Waals surface area (Å²) in [5, 5.41) is 2.72. The first kappa shape index (κ1) is 13.8. The highest BCUT2D eigenvalue weighted by Crippen LogP contribution is 2.12. The minimum absolute atomic E-state index is 0.254. The number of rotatable bonds is 3. The highest BCUT2D eigenvalue weighted by molar-refractivity contribution is 5.88. The van der Waals surface area contributed by atoms with Crippen LogP contribution in [0.2, 0.25) is 0 Å². The Hall–Kier alpha value is -2.64. The van der Waals surface area contributed by atoms with Crippen molar-refractivity contribution in [3.63, 3.8) is 0 Å². The molecular weight excluding hydrogens is 269 g/mol. The quantitative estimate of drug-likeness (QED) is 0.800. The lowest BCUT2D eigenvalue weighted by Gasteiger charge is -2.16. The Balaban J connectivity index is 2.21. The summed E-state index contributed by atoms with van der Waals surface area (Å²) in [4.78, 5) is 34.6. The van der Waals surface area contributed by atoms with E-state index in [9.17, 15) is 18.9 Å². The van der Waals surface area contributed by atoms with E-state index in [4.69, 9.17) is 4.74 Å². The molecule has 20 heavy (non-hydrogen) atoms. The first-order chi connectivity index (χ1) is 9.50. The van der Waals surface area contributed by atoms with Crippen LogP contribution < -0.4 is 16.6 Å². The van der Waals surface area contributed by atoms with Crippen LogP contribution in [-0.2, 0) is 9.53 Å². The molecule has 106 valence electrons. The largest absolute Gasteiger partial charge is 0.438 e. The maximum atomic E-state index is 13.1. The fourth-order valence-corrected chi connectivity index (χ4v) is 1.69. The predicted molar refractivity (Wildman–Crippen MR) is 67.2 cm³/mol. The van der Waals surface area contributed by atoms with E-state index >= 15 is 0 Å². The summed E-state index contributed by atoms with van der Waals surface area (Å²) in [7, 11) is 0. The van der Waals surface area contributed by atoms with Crippen LogP contribution in [0.5, 0.6) is 0 Å². The van der Waals surface area contributed by atoms with Crippen molar-refractivity contribution >= 4 is 5.97 Å². The number of allylic oxidation sites excluding steroid dienone is 1. The number of ether oxygens (including phenoxy) is 1. The lowest BCUT2D eigenvalue weighted by molar-refractivity contribution is -0.148. The number of dihydropyridines is 1. The fraction of sp³-hybridized carbons (Fsp3) is 0.250. The molecule has 0 aromatic carbocycles. The predicted octanol–water partition coefficient (Wildman–Crippen LogP) is 0.195. The minimum atomic E-state index is -1.21. The molecule has 1 N–H and O–H groups in total. The highest BCUT2D eigenvalue weighted by atomic mass is 19.2. The second-order valence-corrected chi connectivity index (χ2v) is 4.07. The van der Waals surface area contributed by atoms with Crippen LogP contribution in [0.4, 0.5) is 4.48 Å². The molecule has 2 rings (SSSR count). The van der Waals surface area contributed by atoms with Crippen molar-refractivity contribution in [3.05, 3.63) is 57.2 Å². The lowest BCUT2D eigenvalue weighted by atomic mass is 10.2. The normalized spacial score (nSPS) is 15.2. The summed E-state index contributed by atoms with van der Waals surface area (Å²) in [6.07, 6.45) is 4.69. The first-order valence-corrected chi connectivity index (χ1v) is 5.82. The number of aromatic nitrogens is 2. The van der Waals surface area contributed by atoms with Gasteiger partial charge in [0.2, 0.25) is 0 Å². The summed E-state index contributed by atoms with van der Waals surface area (Å²) in [5.41, 5.74) is -1.61. The molecule has 0 saturated carbocycles. The number of nitrogens with one attached hydrogen (secondary N) is 1. The van der Waals surface area contributed by atoms with Crippen LogP contribution in [0.1, 0.15) is 19.6 Å². The van der Waals surface area contributed by atoms with E-state index < -0.39 is 23.4 Å². The van der Waals surface area contributed by atoms with E-state index in [0.717, 1.165) is 6.07 Å². The smallest absolute Gasteiger partial charge is 0.362 e. The Labute approximate surface area is 112 Å². The van der Waals surface area contributed by atoms with Gasteiger partial charge in [-0.05, 0) is 13.1 Å². The van der Waals surface area contributed by atoms with E-state index in [0.29, 0.717) is 22.8 Å². The summed E-state index contributed by atoms with van der Waals surface area (Å²) >= 11 is 0. The van der Waals surface area contributed by atoms with E-state index in [1.165, 1.54) is 13.1 Å².